The van der Waals surface area contributed by atoms with E-state index in [1.807, 2.05) is 0 Å². The predicted octanol–water partition coefficient (Wildman–Crippen LogP) is 2.60. The second-order valence-corrected chi connectivity index (χ2v) is 6.04. The highest BCUT2D eigenvalue weighted by molar-refractivity contribution is 5.79. The third-order valence-electron chi connectivity index (χ3n) is 4.55. The smallest absolute Gasteiger partial charge is 0.224 e. The molecule has 0 aromatic rings. The lowest BCUT2D eigenvalue weighted by Crippen LogP contribution is -2.49. The first-order valence-corrected chi connectivity index (χ1v) is 7.81. The average Bonchev–Trinajstić information content (AvgIpc) is 2.33. The van der Waals surface area contributed by atoms with E-state index in [1.54, 1.807) is 0 Å². The number of hydrogen-bond donors (Lipinski definition) is 2. The Morgan fingerprint density at radius 1 is 1.00 bits per heavy atom. The molecule has 1 aliphatic carbocycles. The summed E-state index contributed by atoms with van der Waals surface area (Å²) in [5.41, 5.74) is 0. The zero-order valence-electron chi connectivity index (χ0n) is 11.7. The SMILES string of the molecule is CC1NCCCC1C(=O)NC1CCCCCCC1. The molecule has 18 heavy (non-hydrogen) atoms. The van der Waals surface area contributed by atoms with Crippen LogP contribution in [-0.2, 0) is 4.79 Å². The molecule has 0 aromatic heterocycles. The Labute approximate surface area is 111 Å². The van der Waals surface area contributed by atoms with Crippen LogP contribution in [0.2, 0.25) is 0 Å². The van der Waals surface area contributed by atoms with Crippen LogP contribution in [0.3, 0.4) is 0 Å². The molecular formula is C15H28N2O. The van der Waals surface area contributed by atoms with Crippen molar-refractivity contribution in [1.82, 2.24) is 10.6 Å². The zero-order chi connectivity index (χ0) is 12.8. The average molecular weight is 252 g/mol. The van der Waals surface area contributed by atoms with Crippen LogP contribution in [0.15, 0.2) is 0 Å². The number of carbonyl (C=O) groups excluding carboxylic acids is 1. The van der Waals surface area contributed by atoms with E-state index in [9.17, 15) is 4.79 Å². The van der Waals surface area contributed by atoms with E-state index in [0.717, 1.165) is 19.4 Å². The topological polar surface area (TPSA) is 41.1 Å². The molecule has 2 rings (SSSR count). The molecule has 2 N–H and O–H groups in total. The van der Waals surface area contributed by atoms with E-state index in [-0.39, 0.29) is 5.92 Å². The van der Waals surface area contributed by atoms with Gasteiger partial charge in [-0.25, -0.2) is 0 Å². The maximum absolute atomic E-state index is 12.3. The summed E-state index contributed by atoms with van der Waals surface area (Å²) in [6, 6.07) is 0.777. The fraction of sp³-hybridized carbons (Fsp3) is 0.933. The molecule has 3 nitrogen and oxygen atoms in total. The molecule has 0 spiro atoms. The van der Waals surface area contributed by atoms with Crippen molar-refractivity contribution in [2.45, 2.75) is 76.8 Å². The van der Waals surface area contributed by atoms with Crippen molar-refractivity contribution < 1.29 is 4.79 Å². The molecule has 104 valence electrons. The summed E-state index contributed by atoms with van der Waals surface area (Å²) in [6.45, 7) is 3.20. The lowest BCUT2D eigenvalue weighted by molar-refractivity contribution is -0.127. The Morgan fingerprint density at radius 3 is 2.33 bits per heavy atom. The highest BCUT2D eigenvalue weighted by atomic mass is 16.2. The maximum atomic E-state index is 12.3. The van der Waals surface area contributed by atoms with Crippen molar-refractivity contribution in [2.24, 2.45) is 5.92 Å². The van der Waals surface area contributed by atoms with Gasteiger partial charge in [-0.2, -0.15) is 0 Å². The minimum atomic E-state index is 0.184. The molecule has 3 heteroatoms. The van der Waals surface area contributed by atoms with Gasteiger partial charge < -0.3 is 10.6 Å². The molecule has 1 amide bonds. The van der Waals surface area contributed by atoms with Crippen molar-refractivity contribution in [3.05, 3.63) is 0 Å². The Kier molecular flexibility index (Phi) is 5.48. The van der Waals surface area contributed by atoms with Gasteiger partial charge in [0.05, 0.1) is 5.92 Å². The van der Waals surface area contributed by atoms with Crippen molar-refractivity contribution >= 4 is 5.91 Å². The predicted molar refractivity (Wildman–Crippen MR) is 74.4 cm³/mol. The molecule has 1 aliphatic heterocycles. The van der Waals surface area contributed by atoms with Crippen LogP contribution in [-0.4, -0.2) is 24.5 Å². The van der Waals surface area contributed by atoms with Gasteiger partial charge in [0.25, 0.3) is 0 Å². The lowest BCUT2D eigenvalue weighted by Gasteiger charge is -2.31. The monoisotopic (exact) mass is 252 g/mol. The van der Waals surface area contributed by atoms with Crippen LogP contribution < -0.4 is 10.6 Å². The first-order chi connectivity index (χ1) is 8.77. The van der Waals surface area contributed by atoms with Gasteiger partial charge in [0.1, 0.15) is 0 Å². The first kappa shape index (κ1) is 13.9. The summed E-state index contributed by atoms with van der Waals surface area (Å²) in [5, 5.41) is 6.72. The number of rotatable bonds is 2. The fourth-order valence-corrected chi connectivity index (χ4v) is 3.31. The first-order valence-electron chi connectivity index (χ1n) is 7.81. The second kappa shape index (κ2) is 7.13. The van der Waals surface area contributed by atoms with E-state index in [1.165, 1.54) is 44.9 Å². The summed E-state index contributed by atoms with van der Waals surface area (Å²) >= 11 is 0. The number of carbonyl (C=O) groups is 1. The molecule has 2 aliphatic rings. The molecule has 1 saturated carbocycles. The van der Waals surface area contributed by atoms with Crippen molar-refractivity contribution in [1.29, 1.82) is 0 Å². The van der Waals surface area contributed by atoms with E-state index in [0.29, 0.717) is 18.0 Å². The van der Waals surface area contributed by atoms with Crippen LogP contribution >= 0.6 is 0 Å². The minimum Gasteiger partial charge on any atom is -0.353 e. The van der Waals surface area contributed by atoms with Gasteiger partial charge in [0, 0.05) is 12.1 Å². The van der Waals surface area contributed by atoms with Gasteiger partial charge in [0.15, 0.2) is 0 Å². The Balaban J connectivity index is 1.81. The third kappa shape index (κ3) is 3.98. The summed E-state index contributed by atoms with van der Waals surface area (Å²) in [7, 11) is 0. The highest BCUT2D eigenvalue weighted by Gasteiger charge is 2.28. The van der Waals surface area contributed by atoms with Gasteiger partial charge in [0.2, 0.25) is 5.91 Å². The zero-order valence-corrected chi connectivity index (χ0v) is 11.7. The third-order valence-corrected chi connectivity index (χ3v) is 4.55. The summed E-state index contributed by atoms with van der Waals surface area (Å²) in [4.78, 5) is 12.3. The molecular weight excluding hydrogens is 224 g/mol. The van der Waals surface area contributed by atoms with E-state index in [2.05, 4.69) is 17.6 Å². The van der Waals surface area contributed by atoms with Crippen LogP contribution in [0.5, 0.6) is 0 Å². The number of nitrogens with one attached hydrogen (secondary N) is 2. The summed E-state index contributed by atoms with van der Waals surface area (Å²) in [5.74, 6) is 0.476. The maximum Gasteiger partial charge on any atom is 0.224 e. The molecule has 1 heterocycles. The van der Waals surface area contributed by atoms with Crippen molar-refractivity contribution in [3.8, 4) is 0 Å². The van der Waals surface area contributed by atoms with Gasteiger partial charge in [-0.05, 0) is 39.2 Å². The summed E-state index contributed by atoms with van der Waals surface area (Å²) < 4.78 is 0. The standard InChI is InChI=1S/C15H28N2O/c1-12-14(10-7-11-16-12)15(18)17-13-8-5-3-2-4-6-9-13/h12-14,16H,2-11H2,1H3,(H,17,18). The Morgan fingerprint density at radius 2 is 1.67 bits per heavy atom. The molecule has 2 atom stereocenters. The van der Waals surface area contributed by atoms with Gasteiger partial charge in [-0.15, -0.1) is 0 Å². The minimum absolute atomic E-state index is 0.184. The normalized spacial score (nSPS) is 31.4. The second-order valence-electron chi connectivity index (χ2n) is 6.04. The molecule has 0 bridgehead atoms. The van der Waals surface area contributed by atoms with E-state index >= 15 is 0 Å². The Hall–Kier alpha value is -0.570. The van der Waals surface area contributed by atoms with Crippen LogP contribution in [0.25, 0.3) is 0 Å². The van der Waals surface area contributed by atoms with Crippen LogP contribution in [0.4, 0.5) is 0 Å². The molecule has 0 radical (unpaired) electrons. The Bertz CT molecular complexity index is 259. The van der Waals surface area contributed by atoms with Gasteiger partial charge in [-0.1, -0.05) is 32.1 Å². The van der Waals surface area contributed by atoms with Crippen LogP contribution in [0, 0.1) is 5.92 Å². The van der Waals surface area contributed by atoms with E-state index in [4.69, 9.17) is 0 Å². The summed E-state index contributed by atoms with van der Waals surface area (Å²) in [6.07, 6.45) is 11.2. The number of amides is 1. The van der Waals surface area contributed by atoms with Gasteiger partial charge >= 0.3 is 0 Å². The largest absolute Gasteiger partial charge is 0.353 e. The number of hydrogen-bond acceptors (Lipinski definition) is 2. The van der Waals surface area contributed by atoms with Crippen molar-refractivity contribution in [2.75, 3.05) is 6.54 Å². The van der Waals surface area contributed by atoms with Gasteiger partial charge in [-0.3, -0.25) is 4.79 Å². The fourth-order valence-electron chi connectivity index (χ4n) is 3.31. The molecule has 2 unspecified atom stereocenters. The van der Waals surface area contributed by atoms with E-state index < -0.39 is 0 Å². The quantitative estimate of drug-likeness (QED) is 0.793. The number of piperidine rings is 1. The molecule has 0 aromatic carbocycles. The molecule has 2 fully saturated rings. The van der Waals surface area contributed by atoms with Crippen molar-refractivity contribution in [3.63, 3.8) is 0 Å². The highest BCUT2D eigenvalue weighted by Crippen LogP contribution is 2.20. The molecule has 1 saturated heterocycles. The van der Waals surface area contributed by atoms with Crippen LogP contribution in [0.1, 0.15) is 64.7 Å². The lowest BCUT2D eigenvalue weighted by atomic mass is 9.90.